The smallest absolute Gasteiger partial charge is 0.266 e. The summed E-state index contributed by atoms with van der Waals surface area (Å²) in [4.78, 5) is 97.9. The Morgan fingerprint density at radius 3 is 1.56 bits per heavy atom. The van der Waals surface area contributed by atoms with Gasteiger partial charge in [0.15, 0.2) is 34.1 Å². The quantitative estimate of drug-likeness (QED) is 0.0393. The van der Waals surface area contributed by atoms with Crippen LogP contribution in [0.3, 0.4) is 0 Å². The molecule has 15 rings (SSSR count). The molecule has 624 valence electrons. The maximum atomic E-state index is 14.5. The number of thiophene rings is 1. The first-order valence-electron chi connectivity index (χ1n) is 41.1. The number of imidazole rings is 4. The van der Waals surface area contributed by atoms with Crippen molar-refractivity contribution in [2.24, 2.45) is 11.8 Å². The molecule has 0 unspecified atom stereocenters. The van der Waals surface area contributed by atoms with E-state index in [1.807, 2.05) is 82.6 Å². The second kappa shape index (κ2) is 41.9. The number of aryl methyl sites for hydroxylation is 3. The number of amides is 4. The van der Waals surface area contributed by atoms with Crippen LogP contribution in [0.2, 0.25) is 10.0 Å². The van der Waals surface area contributed by atoms with Crippen molar-refractivity contribution in [2.45, 2.75) is 184 Å². The van der Waals surface area contributed by atoms with Crippen LogP contribution in [0.15, 0.2) is 170 Å². The Morgan fingerprint density at radius 2 is 1.03 bits per heavy atom. The van der Waals surface area contributed by atoms with Crippen LogP contribution in [0.25, 0.3) is 44.7 Å². The molecule has 13 aromatic rings. The summed E-state index contributed by atoms with van der Waals surface area (Å²) >= 11 is 13.8. The van der Waals surface area contributed by atoms with Gasteiger partial charge in [0, 0.05) is 82.2 Å². The van der Waals surface area contributed by atoms with Gasteiger partial charge in [-0.2, -0.15) is 0 Å². The lowest BCUT2D eigenvalue weighted by atomic mass is 10.1. The highest BCUT2D eigenvalue weighted by Gasteiger charge is 2.31. The molecule has 0 atom stereocenters. The predicted octanol–water partition coefficient (Wildman–Crippen LogP) is 19.7. The normalized spacial score (nSPS) is 12.4. The largest absolute Gasteiger partial charge is 0.497 e. The third kappa shape index (κ3) is 22.0. The van der Waals surface area contributed by atoms with Crippen LogP contribution in [0.1, 0.15) is 190 Å². The van der Waals surface area contributed by atoms with Crippen LogP contribution in [0.5, 0.6) is 17.2 Å². The zero-order valence-corrected chi connectivity index (χ0v) is 71.4. The minimum atomic E-state index is -0.599. The fourth-order valence-corrected chi connectivity index (χ4v) is 16.1. The van der Waals surface area contributed by atoms with Crippen molar-refractivity contribution >= 4 is 103 Å². The molecule has 4 aromatic carbocycles. The standard InChI is InChI=1S/C24H28ClFN4O.C24H32N4O2.C22H20ClFN4OS.C21H24N4O3/c1-16(2)12-14-29(24(31)22-18(25)9-5-10-19(22)26)15-21-28-20-11-6-13-27-23(20)30(21)17-7-3-4-8-17;1-5-13-28-22(26-21-10-7-12-25-24(21)28)17-27(14-11-18(2)3)23(29)16-19-8-6-9-20(15-19)30-4;1-2-11-28-19(26-18-4-3-10-25-21(18)28)14-27(13-15-5-7-16(24)8-6-15)22(29)20-17(23)9-12-30-20;1-3-10-24(21(26)15-7-8-17-18(12-15)28-14-27-17)13-19-23-16-6-5-9-22-20(16)25(19)11-4-2/h5-6,9-11,13,16-17H,3-4,7-8,12,14-15H2,1-2H3;6-10,12,15,18H,5,11,13-14,16-17H2,1-4H3;3-10,12H,2,11,13-14H2,1H3;5-9,12H,3-4,10-11,13-14H2,1-2H3. The van der Waals surface area contributed by atoms with E-state index in [0.717, 1.165) is 156 Å². The average Bonchev–Trinajstić information content (AvgIpc) is 1.65. The molecule has 0 spiro atoms. The van der Waals surface area contributed by atoms with E-state index >= 15 is 0 Å². The number of ether oxygens (including phenoxy) is 3. The number of hydrogen-bond acceptors (Lipinski definition) is 16. The summed E-state index contributed by atoms with van der Waals surface area (Å²) in [5, 5.41) is 2.35. The van der Waals surface area contributed by atoms with Gasteiger partial charge in [-0.05, 0) is 189 Å². The van der Waals surface area contributed by atoms with Crippen molar-refractivity contribution in [3.63, 3.8) is 0 Å². The Labute approximate surface area is 707 Å². The van der Waals surface area contributed by atoms with Gasteiger partial charge >= 0.3 is 0 Å². The molecule has 1 saturated carbocycles. The van der Waals surface area contributed by atoms with Crippen LogP contribution in [-0.4, -0.2) is 135 Å². The first-order chi connectivity index (χ1) is 57.7. The summed E-state index contributed by atoms with van der Waals surface area (Å²) < 4.78 is 52.5. The summed E-state index contributed by atoms with van der Waals surface area (Å²) in [5.41, 5.74) is 9.07. The van der Waals surface area contributed by atoms with Crippen molar-refractivity contribution in [1.82, 2.24) is 77.7 Å². The Bertz CT molecular complexity index is 5570. The fourth-order valence-electron chi connectivity index (χ4n) is 14.7. The van der Waals surface area contributed by atoms with Crippen molar-refractivity contribution in [2.75, 3.05) is 33.5 Å². The number of halogens is 4. The highest BCUT2D eigenvalue weighted by atomic mass is 35.5. The molecule has 0 bridgehead atoms. The predicted molar refractivity (Wildman–Crippen MR) is 463 cm³/mol. The molecule has 0 N–H and O–H groups in total. The van der Waals surface area contributed by atoms with Gasteiger partial charge in [-0.15, -0.1) is 11.3 Å². The zero-order chi connectivity index (χ0) is 84.1. The van der Waals surface area contributed by atoms with Gasteiger partial charge in [0.1, 0.15) is 67.6 Å². The average molecular weight is 1670 g/mol. The molecule has 1 aliphatic heterocycles. The number of carbonyl (C=O) groups excluding carboxylic acids is 4. The second-order valence-corrected chi connectivity index (χ2v) is 32.2. The van der Waals surface area contributed by atoms with Crippen LogP contribution in [0.4, 0.5) is 8.78 Å². The van der Waals surface area contributed by atoms with Crippen molar-refractivity contribution < 1.29 is 42.2 Å². The molecule has 1 fully saturated rings. The van der Waals surface area contributed by atoms with E-state index in [0.29, 0.717) is 104 Å². The van der Waals surface area contributed by atoms with Gasteiger partial charge in [-0.1, -0.05) is 122 Å². The lowest BCUT2D eigenvalue weighted by molar-refractivity contribution is -0.131. The molecular formula is C91H104Cl2F2N16O7S. The summed E-state index contributed by atoms with van der Waals surface area (Å²) in [6, 6.07) is 40.9. The van der Waals surface area contributed by atoms with Gasteiger partial charge in [0.25, 0.3) is 17.7 Å². The Morgan fingerprint density at radius 1 is 0.513 bits per heavy atom. The van der Waals surface area contributed by atoms with E-state index in [1.165, 1.54) is 48.4 Å². The van der Waals surface area contributed by atoms with Gasteiger partial charge < -0.3 is 52.1 Å². The lowest BCUT2D eigenvalue weighted by Gasteiger charge is -2.25. The van der Waals surface area contributed by atoms with Gasteiger partial charge in [-0.3, -0.25) is 19.2 Å². The van der Waals surface area contributed by atoms with Gasteiger partial charge in [-0.25, -0.2) is 48.7 Å². The topological polar surface area (TPSA) is 232 Å². The minimum Gasteiger partial charge on any atom is -0.497 e. The monoisotopic (exact) mass is 1670 g/mol. The number of aromatic nitrogens is 12. The van der Waals surface area contributed by atoms with E-state index in [9.17, 15) is 28.0 Å². The van der Waals surface area contributed by atoms with Crippen molar-refractivity contribution in [3.8, 4) is 17.2 Å². The van der Waals surface area contributed by atoms with Crippen molar-refractivity contribution in [1.29, 1.82) is 0 Å². The Hall–Kier alpha value is -11.2. The molecule has 119 heavy (non-hydrogen) atoms. The van der Waals surface area contributed by atoms with Gasteiger partial charge in [0.2, 0.25) is 12.7 Å². The summed E-state index contributed by atoms with van der Waals surface area (Å²) in [5.74, 6) is 4.87. The number of rotatable bonds is 31. The summed E-state index contributed by atoms with van der Waals surface area (Å²) in [6.07, 6.45) is 17.4. The summed E-state index contributed by atoms with van der Waals surface area (Å²) in [7, 11) is 1.64. The highest BCUT2D eigenvalue weighted by Crippen LogP contribution is 2.36. The molecule has 0 saturated heterocycles. The number of benzene rings is 4. The zero-order valence-electron chi connectivity index (χ0n) is 69.1. The molecule has 1 aliphatic carbocycles. The third-order valence-electron chi connectivity index (χ3n) is 20.7. The number of hydrogen-bond donors (Lipinski definition) is 0. The molecule has 23 nitrogen and oxygen atoms in total. The second-order valence-electron chi connectivity index (χ2n) is 30.5. The Balaban J connectivity index is 0.000000146. The Kier molecular flexibility index (Phi) is 30.7. The van der Waals surface area contributed by atoms with E-state index < -0.39 is 11.7 Å². The van der Waals surface area contributed by atoms with Crippen LogP contribution in [0, 0.1) is 23.5 Å². The van der Waals surface area contributed by atoms with Crippen LogP contribution < -0.4 is 14.2 Å². The lowest BCUT2D eigenvalue weighted by Crippen LogP contribution is -2.34. The number of nitrogens with zero attached hydrogens (tertiary/aromatic N) is 16. The highest BCUT2D eigenvalue weighted by molar-refractivity contribution is 7.12. The maximum Gasteiger partial charge on any atom is 0.266 e. The first kappa shape index (κ1) is 87.1. The molecule has 9 aromatic heterocycles. The molecule has 2 aliphatic rings. The fraction of sp³-hybridized carbons (Fsp3) is 0.385. The number of fused-ring (bicyclic) bond motifs is 5. The molecule has 10 heterocycles. The maximum absolute atomic E-state index is 14.5. The van der Waals surface area contributed by atoms with Gasteiger partial charge in [0.05, 0.1) is 55.3 Å². The van der Waals surface area contributed by atoms with Crippen molar-refractivity contribution in [3.05, 3.63) is 242 Å². The summed E-state index contributed by atoms with van der Waals surface area (Å²) in [6.45, 7) is 23.3. The van der Waals surface area contributed by atoms with E-state index in [1.54, 1.807) is 89.5 Å². The van der Waals surface area contributed by atoms with Crippen LogP contribution >= 0.6 is 34.5 Å². The number of carbonyl (C=O) groups is 4. The number of pyridine rings is 4. The molecular weight excluding hydrogens is 1570 g/mol. The van der Waals surface area contributed by atoms with E-state index in [-0.39, 0.29) is 40.9 Å². The SMILES string of the molecule is CC(C)CCN(Cc1nc2cccnc2n1C1CCCC1)C(=O)c1c(F)cccc1Cl.CCCN(Cc1nc2cccnc2n1CCC)C(=O)c1ccc2c(c1)OCO2.CCCn1c(CN(CCC(C)C)C(=O)Cc2cccc(OC)c2)nc2cccnc21.CCCn1c(CN(Cc2ccc(F)cc2)C(=O)c2sccc2Cl)nc2cccnc21. The third-order valence-corrected chi connectivity index (χ3v) is 22.3. The molecule has 0 radical (unpaired) electrons. The van der Waals surface area contributed by atoms with E-state index in [4.69, 9.17) is 57.3 Å². The molecule has 4 amide bonds. The van der Waals surface area contributed by atoms with E-state index in [2.05, 4.69) is 93.6 Å². The minimum absolute atomic E-state index is 0.0387. The first-order valence-corrected chi connectivity index (χ1v) is 42.7. The molecule has 28 heteroatoms. The number of methoxy groups -OCH3 is 1. The van der Waals surface area contributed by atoms with Crippen LogP contribution in [-0.2, 0) is 63.6 Å².